The van der Waals surface area contributed by atoms with E-state index < -0.39 is 12.1 Å². The van der Waals surface area contributed by atoms with Gasteiger partial charge in [0.1, 0.15) is 5.15 Å². The number of hydrogen-bond donors (Lipinski definition) is 0. The highest BCUT2D eigenvalue weighted by Crippen LogP contribution is 2.48. The minimum absolute atomic E-state index is 0.185. The minimum atomic E-state index is -0.983. The average molecular weight is 411 g/mol. The molecule has 5 nitrogen and oxygen atoms in total. The van der Waals surface area contributed by atoms with Crippen molar-refractivity contribution in [3.63, 3.8) is 0 Å². The van der Waals surface area contributed by atoms with Crippen LogP contribution in [0.15, 0.2) is 76.7 Å². The van der Waals surface area contributed by atoms with Crippen LogP contribution in [0, 0.1) is 0 Å². The molecule has 28 heavy (non-hydrogen) atoms. The summed E-state index contributed by atoms with van der Waals surface area (Å²) in [5.74, 6) is -0.952. The lowest BCUT2D eigenvalue weighted by atomic mass is 10.2. The van der Waals surface area contributed by atoms with Crippen LogP contribution in [-0.2, 0) is 9.53 Å². The third-order valence-electron chi connectivity index (χ3n) is 4.25. The van der Waals surface area contributed by atoms with Gasteiger partial charge in [0, 0.05) is 16.0 Å². The Morgan fingerprint density at radius 2 is 1.64 bits per heavy atom. The average Bonchev–Trinajstić information content (AvgIpc) is 2.71. The lowest BCUT2D eigenvalue weighted by Crippen LogP contribution is -2.38. The summed E-state index contributed by atoms with van der Waals surface area (Å²) >= 11 is 7.43. The van der Waals surface area contributed by atoms with Crippen LogP contribution in [0.3, 0.4) is 0 Å². The molecule has 7 heteroatoms. The summed E-state index contributed by atoms with van der Waals surface area (Å²) < 4.78 is 5.41. The number of aromatic nitrogens is 1. The maximum Gasteiger partial charge on any atom is 0.339 e. The molecule has 1 unspecified atom stereocenters. The second-order valence-corrected chi connectivity index (χ2v) is 7.60. The van der Waals surface area contributed by atoms with E-state index in [0.717, 1.165) is 21.2 Å². The van der Waals surface area contributed by atoms with E-state index in [1.54, 1.807) is 23.6 Å². The first-order valence-corrected chi connectivity index (χ1v) is 9.76. The number of halogens is 1. The van der Waals surface area contributed by atoms with E-state index in [9.17, 15) is 9.59 Å². The number of carbonyl (C=O) groups excluding carboxylic acids is 2. The molecule has 0 aliphatic carbocycles. The van der Waals surface area contributed by atoms with Gasteiger partial charge in [-0.25, -0.2) is 9.78 Å². The highest BCUT2D eigenvalue weighted by molar-refractivity contribution is 7.99. The smallest absolute Gasteiger partial charge is 0.339 e. The van der Waals surface area contributed by atoms with Crippen LogP contribution in [0.25, 0.3) is 0 Å². The third-order valence-corrected chi connectivity index (χ3v) is 5.58. The fourth-order valence-corrected chi connectivity index (χ4v) is 4.16. The normalized spacial score (nSPS) is 13.3. The molecule has 1 amide bonds. The first-order valence-electron chi connectivity index (χ1n) is 8.57. The Morgan fingerprint density at radius 3 is 2.25 bits per heavy atom. The quantitative estimate of drug-likeness (QED) is 0.443. The Morgan fingerprint density at radius 1 is 1.04 bits per heavy atom. The van der Waals surface area contributed by atoms with Gasteiger partial charge in [0.25, 0.3) is 5.91 Å². The molecule has 1 aliphatic heterocycles. The summed E-state index contributed by atoms with van der Waals surface area (Å²) in [5, 5.41) is 0.185. The molecule has 0 saturated carbocycles. The topological polar surface area (TPSA) is 59.5 Å². The zero-order valence-corrected chi connectivity index (χ0v) is 16.4. The second-order valence-electron chi connectivity index (χ2n) is 6.13. The van der Waals surface area contributed by atoms with Crippen molar-refractivity contribution in [2.75, 3.05) is 4.90 Å². The Hall–Kier alpha value is -2.83. The van der Waals surface area contributed by atoms with Gasteiger partial charge in [-0.2, -0.15) is 0 Å². The SMILES string of the molecule is CC(OC(=O)c1ccnc(Cl)c1)C(=O)N1c2ccccc2Sc2ccccc21. The second kappa shape index (κ2) is 7.66. The Kier molecular flexibility index (Phi) is 5.07. The van der Waals surface area contributed by atoms with E-state index in [4.69, 9.17) is 16.3 Å². The Balaban J connectivity index is 1.63. The number of nitrogens with zero attached hydrogens (tertiary/aromatic N) is 2. The number of para-hydroxylation sites is 2. The van der Waals surface area contributed by atoms with Gasteiger partial charge < -0.3 is 4.74 Å². The third kappa shape index (κ3) is 3.48. The predicted octanol–water partition coefficient (Wildman–Crippen LogP) is 5.11. The lowest BCUT2D eigenvalue weighted by molar-refractivity contribution is -0.125. The molecule has 0 radical (unpaired) electrons. The van der Waals surface area contributed by atoms with E-state index in [1.165, 1.54) is 18.3 Å². The van der Waals surface area contributed by atoms with Crippen LogP contribution in [0.4, 0.5) is 11.4 Å². The van der Waals surface area contributed by atoms with Crippen molar-refractivity contribution >= 4 is 46.6 Å². The van der Waals surface area contributed by atoms with Crippen molar-refractivity contribution in [1.82, 2.24) is 4.98 Å². The summed E-state index contributed by atoms with van der Waals surface area (Å²) in [7, 11) is 0. The molecule has 2 heterocycles. The van der Waals surface area contributed by atoms with Gasteiger partial charge in [0.05, 0.1) is 16.9 Å². The molecule has 140 valence electrons. The van der Waals surface area contributed by atoms with Crippen molar-refractivity contribution in [1.29, 1.82) is 0 Å². The summed E-state index contributed by atoms with van der Waals surface area (Å²) in [6.45, 7) is 1.57. The molecule has 1 aromatic heterocycles. The number of anilines is 2. The van der Waals surface area contributed by atoms with Crippen molar-refractivity contribution in [2.45, 2.75) is 22.8 Å². The van der Waals surface area contributed by atoms with Crippen molar-refractivity contribution in [3.8, 4) is 0 Å². The van der Waals surface area contributed by atoms with E-state index in [1.807, 2.05) is 48.5 Å². The summed E-state index contributed by atoms with van der Waals surface area (Å²) in [4.78, 5) is 33.0. The molecule has 1 aliphatic rings. The molecule has 3 aromatic rings. The molecule has 2 aromatic carbocycles. The van der Waals surface area contributed by atoms with Crippen molar-refractivity contribution in [2.24, 2.45) is 0 Å². The molecule has 0 bridgehead atoms. The number of pyridine rings is 1. The lowest BCUT2D eigenvalue weighted by Gasteiger charge is -2.32. The van der Waals surface area contributed by atoms with Crippen molar-refractivity contribution < 1.29 is 14.3 Å². The van der Waals surface area contributed by atoms with Gasteiger partial charge in [0.2, 0.25) is 0 Å². The number of hydrogen-bond acceptors (Lipinski definition) is 5. The first kappa shape index (κ1) is 18.5. The van der Waals surface area contributed by atoms with Crippen molar-refractivity contribution in [3.05, 3.63) is 77.6 Å². The van der Waals surface area contributed by atoms with Gasteiger partial charge in [-0.05, 0) is 43.3 Å². The number of benzene rings is 2. The zero-order valence-electron chi connectivity index (χ0n) is 14.8. The Bertz CT molecular complexity index is 1030. The monoisotopic (exact) mass is 410 g/mol. The van der Waals surface area contributed by atoms with Crippen LogP contribution < -0.4 is 4.90 Å². The van der Waals surface area contributed by atoms with Gasteiger partial charge in [-0.1, -0.05) is 47.6 Å². The number of rotatable bonds is 3. The van der Waals surface area contributed by atoms with Gasteiger partial charge in [0.15, 0.2) is 6.10 Å². The predicted molar refractivity (Wildman–Crippen MR) is 108 cm³/mol. The molecule has 0 saturated heterocycles. The fraction of sp³-hybridized carbons (Fsp3) is 0.0952. The molecular formula is C21H15ClN2O3S. The van der Waals surface area contributed by atoms with E-state index >= 15 is 0 Å². The fourth-order valence-electron chi connectivity index (χ4n) is 2.93. The molecular weight excluding hydrogens is 396 g/mol. The standard InChI is InChI=1S/C21H15ClN2O3S/c1-13(27-21(26)14-10-11-23-19(22)12-14)20(25)24-15-6-2-4-8-17(15)28-18-9-5-3-7-16(18)24/h2-13H,1H3. The zero-order chi connectivity index (χ0) is 19.7. The van der Waals surface area contributed by atoms with E-state index in [2.05, 4.69) is 4.98 Å². The molecule has 0 N–H and O–H groups in total. The summed E-state index contributed by atoms with van der Waals surface area (Å²) in [6.07, 6.45) is 0.434. The Labute approximate surface area is 171 Å². The highest BCUT2D eigenvalue weighted by atomic mass is 35.5. The maximum atomic E-state index is 13.3. The largest absolute Gasteiger partial charge is 0.449 e. The van der Waals surface area contributed by atoms with Crippen LogP contribution in [-0.4, -0.2) is 23.0 Å². The summed E-state index contributed by atoms with van der Waals surface area (Å²) in [6, 6.07) is 18.2. The summed E-state index contributed by atoms with van der Waals surface area (Å²) in [5.41, 5.74) is 1.78. The number of carbonyl (C=O) groups is 2. The van der Waals surface area contributed by atoms with E-state index in [0.29, 0.717) is 0 Å². The van der Waals surface area contributed by atoms with Gasteiger partial charge >= 0.3 is 5.97 Å². The van der Waals surface area contributed by atoms with Crippen LogP contribution in [0.5, 0.6) is 0 Å². The molecule has 0 spiro atoms. The van der Waals surface area contributed by atoms with Gasteiger partial charge in [-0.15, -0.1) is 0 Å². The van der Waals surface area contributed by atoms with Crippen LogP contribution >= 0.6 is 23.4 Å². The number of fused-ring (bicyclic) bond motifs is 2. The first-order chi connectivity index (χ1) is 13.5. The maximum absolute atomic E-state index is 13.3. The number of amides is 1. The van der Waals surface area contributed by atoms with Crippen LogP contribution in [0.2, 0.25) is 5.15 Å². The van der Waals surface area contributed by atoms with Crippen LogP contribution in [0.1, 0.15) is 17.3 Å². The number of ether oxygens (including phenoxy) is 1. The van der Waals surface area contributed by atoms with Gasteiger partial charge in [-0.3, -0.25) is 9.69 Å². The molecule has 0 fully saturated rings. The highest BCUT2D eigenvalue weighted by Gasteiger charge is 2.32. The molecule has 4 rings (SSSR count). The molecule has 1 atom stereocenters. The number of esters is 1. The minimum Gasteiger partial charge on any atom is -0.449 e. The van der Waals surface area contributed by atoms with E-state index in [-0.39, 0.29) is 16.6 Å².